The molecule has 2 aromatic heterocycles. The van der Waals surface area contributed by atoms with Gasteiger partial charge in [-0.15, -0.1) is 0 Å². The predicted molar refractivity (Wildman–Crippen MR) is 110 cm³/mol. The van der Waals surface area contributed by atoms with Gasteiger partial charge >= 0.3 is 0 Å². The van der Waals surface area contributed by atoms with Gasteiger partial charge in [0.15, 0.2) is 0 Å². The number of nitrogens with one attached hydrogen (secondary N) is 1. The number of hydrogen-bond donors (Lipinski definition) is 1. The van der Waals surface area contributed by atoms with Crippen LogP contribution in [0.15, 0.2) is 30.6 Å². The van der Waals surface area contributed by atoms with Crippen LogP contribution in [-0.2, 0) is 18.4 Å². The van der Waals surface area contributed by atoms with Crippen LogP contribution in [0.25, 0.3) is 11.0 Å². The van der Waals surface area contributed by atoms with Crippen LogP contribution >= 0.6 is 0 Å². The van der Waals surface area contributed by atoms with Crippen molar-refractivity contribution in [2.45, 2.75) is 33.2 Å². The Hall–Kier alpha value is -2.67. The average Bonchev–Trinajstić information content (AvgIpc) is 3.18. The molecule has 7 heteroatoms. The van der Waals surface area contributed by atoms with Gasteiger partial charge in [-0.25, -0.2) is 9.97 Å². The van der Waals surface area contributed by atoms with Crippen LogP contribution in [0, 0.1) is 19.8 Å². The van der Waals surface area contributed by atoms with Gasteiger partial charge in [-0.3, -0.25) is 9.69 Å². The summed E-state index contributed by atoms with van der Waals surface area (Å²) in [5, 5.41) is 3.03. The van der Waals surface area contributed by atoms with Gasteiger partial charge < -0.3 is 14.5 Å². The number of amides is 1. The number of anilines is 1. The van der Waals surface area contributed by atoms with E-state index in [4.69, 9.17) is 0 Å². The second-order valence-corrected chi connectivity index (χ2v) is 7.84. The minimum absolute atomic E-state index is 0.0338. The van der Waals surface area contributed by atoms with E-state index in [0.717, 1.165) is 54.4 Å². The molecule has 4 rings (SSSR count). The predicted octanol–water partition coefficient (Wildman–Crippen LogP) is 2.74. The molecule has 0 unspecified atom stereocenters. The SMILES string of the molecule is Cc1nccn1C[C@@H]1CCCN(CC(=O)Nc2ccc3c(c2)nc(C)n3C)C1. The smallest absolute Gasteiger partial charge is 0.238 e. The van der Waals surface area contributed by atoms with E-state index >= 15 is 0 Å². The van der Waals surface area contributed by atoms with Crippen LogP contribution in [-0.4, -0.2) is 49.5 Å². The molecule has 1 amide bonds. The number of rotatable bonds is 5. The fraction of sp³-hybridized carbons (Fsp3) is 0.476. The zero-order valence-electron chi connectivity index (χ0n) is 16.9. The van der Waals surface area contributed by atoms with Crippen LogP contribution < -0.4 is 5.32 Å². The zero-order valence-corrected chi connectivity index (χ0v) is 16.9. The Labute approximate surface area is 165 Å². The lowest BCUT2D eigenvalue weighted by Crippen LogP contribution is -2.41. The van der Waals surface area contributed by atoms with Gasteiger partial charge in [0.2, 0.25) is 5.91 Å². The number of aryl methyl sites for hydroxylation is 3. The van der Waals surface area contributed by atoms with Crippen LogP contribution in [0.3, 0.4) is 0 Å². The molecule has 0 spiro atoms. The van der Waals surface area contributed by atoms with E-state index in [9.17, 15) is 4.79 Å². The Bertz CT molecular complexity index is 988. The van der Waals surface area contributed by atoms with E-state index in [2.05, 4.69) is 29.3 Å². The Morgan fingerprint density at radius 3 is 2.93 bits per heavy atom. The molecule has 3 heterocycles. The van der Waals surface area contributed by atoms with Crippen molar-refractivity contribution in [3.05, 3.63) is 42.2 Å². The average molecular weight is 380 g/mol. The largest absolute Gasteiger partial charge is 0.335 e. The highest BCUT2D eigenvalue weighted by Gasteiger charge is 2.22. The number of imidazole rings is 2. The van der Waals surface area contributed by atoms with Crippen molar-refractivity contribution in [1.82, 2.24) is 24.0 Å². The normalized spacial score (nSPS) is 17.9. The molecule has 0 bridgehead atoms. The van der Waals surface area contributed by atoms with Crippen molar-refractivity contribution in [1.29, 1.82) is 0 Å². The van der Waals surface area contributed by atoms with E-state index in [1.807, 2.05) is 51.5 Å². The lowest BCUT2D eigenvalue weighted by molar-refractivity contribution is -0.117. The quantitative estimate of drug-likeness (QED) is 0.739. The van der Waals surface area contributed by atoms with Crippen LogP contribution in [0.4, 0.5) is 5.69 Å². The summed E-state index contributed by atoms with van der Waals surface area (Å²) in [6.07, 6.45) is 6.22. The molecule has 28 heavy (non-hydrogen) atoms. The molecule has 3 aromatic rings. The zero-order chi connectivity index (χ0) is 19.7. The molecule has 1 saturated heterocycles. The number of benzene rings is 1. The number of carbonyl (C=O) groups is 1. The summed E-state index contributed by atoms with van der Waals surface area (Å²) < 4.78 is 4.26. The molecule has 1 aliphatic heterocycles. The summed E-state index contributed by atoms with van der Waals surface area (Å²) in [5.74, 6) is 2.61. The maximum absolute atomic E-state index is 12.6. The summed E-state index contributed by atoms with van der Waals surface area (Å²) in [5.41, 5.74) is 2.79. The topological polar surface area (TPSA) is 68.0 Å². The number of likely N-dealkylation sites (tertiary alicyclic amines) is 1. The number of piperidine rings is 1. The summed E-state index contributed by atoms with van der Waals surface area (Å²) in [4.78, 5) is 23.7. The molecule has 0 saturated carbocycles. The summed E-state index contributed by atoms with van der Waals surface area (Å²) in [6.45, 7) is 7.34. The molecule has 1 aromatic carbocycles. The van der Waals surface area contributed by atoms with Gasteiger partial charge in [0.25, 0.3) is 0 Å². The van der Waals surface area contributed by atoms with E-state index in [0.29, 0.717) is 12.5 Å². The van der Waals surface area contributed by atoms with Crippen LogP contribution in [0.2, 0.25) is 0 Å². The standard InChI is InChI=1S/C21H28N6O/c1-15-22-8-10-27(15)13-17-5-4-9-26(12-17)14-21(28)24-18-6-7-20-19(11-18)23-16(2)25(20)3/h6-8,10-11,17H,4-5,9,12-14H2,1-3H3,(H,24,28)/t17-/m1/s1. The first-order chi connectivity index (χ1) is 13.5. The first kappa shape index (κ1) is 18.7. The first-order valence-electron chi connectivity index (χ1n) is 9.92. The first-order valence-corrected chi connectivity index (χ1v) is 9.92. The van der Waals surface area contributed by atoms with Crippen LogP contribution in [0.5, 0.6) is 0 Å². The van der Waals surface area contributed by atoms with Crippen molar-refractivity contribution in [3.63, 3.8) is 0 Å². The van der Waals surface area contributed by atoms with E-state index in [1.54, 1.807) is 0 Å². The second-order valence-electron chi connectivity index (χ2n) is 7.84. The third-order valence-corrected chi connectivity index (χ3v) is 5.74. The molecule has 1 aliphatic rings. The Kier molecular flexibility index (Phi) is 5.17. The van der Waals surface area contributed by atoms with E-state index in [1.165, 1.54) is 6.42 Å². The number of aromatic nitrogens is 4. The van der Waals surface area contributed by atoms with Gasteiger partial charge in [-0.2, -0.15) is 0 Å². The molecular formula is C21H28N6O. The second kappa shape index (κ2) is 7.75. The molecule has 1 fully saturated rings. The molecule has 1 atom stereocenters. The Morgan fingerprint density at radius 2 is 2.14 bits per heavy atom. The van der Waals surface area contributed by atoms with Crippen molar-refractivity contribution in [2.75, 3.05) is 25.0 Å². The Balaban J connectivity index is 1.34. The third kappa shape index (κ3) is 3.94. The minimum Gasteiger partial charge on any atom is -0.335 e. The molecule has 1 N–H and O–H groups in total. The van der Waals surface area contributed by atoms with Gasteiger partial charge in [0, 0.05) is 38.2 Å². The van der Waals surface area contributed by atoms with Gasteiger partial charge in [-0.1, -0.05) is 0 Å². The van der Waals surface area contributed by atoms with Crippen LogP contribution in [0.1, 0.15) is 24.5 Å². The highest BCUT2D eigenvalue weighted by atomic mass is 16.2. The summed E-state index contributed by atoms with van der Waals surface area (Å²) in [7, 11) is 2.00. The number of carbonyl (C=O) groups excluding carboxylic acids is 1. The molecule has 0 aliphatic carbocycles. The molecule has 7 nitrogen and oxygen atoms in total. The van der Waals surface area contributed by atoms with E-state index in [-0.39, 0.29) is 5.91 Å². The fourth-order valence-electron chi connectivity index (χ4n) is 4.12. The fourth-order valence-corrected chi connectivity index (χ4v) is 4.12. The highest BCUT2D eigenvalue weighted by molar-refractivity contribution is 5.94. The van der Waals surface area contributed by atoms with E-state index < -0.39 is 0 Å². The third-order valence-electron chi connectivity index (χ3n) is 5.74. The number of hydrogen-bond acceptors (Lipinski definition) is 4. The van der Waals surface area contributed by atoms with Crippen molar-refractivity contribution >= 4 is 22.6 Å². The maximum atomic E-state index is 12.6. The molecular weight excluding hydrogens is 352 g/mol. The van der Waals surface area contributed by atoms with Crippen molar-refractivity contribution < 1.29 is 4.79 Å². The van der Waals surface area contributed by atoms with Crippen molar-refractivity contribution in [3.8, 4) is 0 Å². The Morgan fingerprint density at radius 1 is 1.29 bits per heavy atom. The number of nitrogens with zero attached hydrogens (tertiary/aromatic N) is 5. The highest BCUT2D eigenvalue weighted by Crippen LogP contribution is 2.21. The minimum atomic E-state index is 0.0338. The summed E-state index contributed by atoms with van der Waals surface area (Å²) in [6, 6.07) is 5.90. The molecule has 0 radical (unpaired) electrons. The maximum Gasteiger partial charge on any atom is 0.238 e. The lowest BCUT2D eigenvalue weighted by atomic mass is 9.98. The monoisotopic (exact) mass is 380 g/mol. The van der Waals surface area contributed by atoms with Gasteiger partial charge in [-0.05, 0) is 57.4 Å². The van der Waals surface area contributed by atoms with Gasteiger partial charge in [0.1, 0.15) is 11.6 Å². The lowest BCUT2D eigenvalue weighted by Gasteiger charge is -2.32. The molecule has 148 valence electrons. The summed E-state index contributed by atoms with van der Waals surface area (Å²) >= 11 is 0. The van der Waals surface area contributed by atoms with Gasteiger partial charge in [0.05, 0.1) is 17.6 Å². The number of fused-ring (bicyclic) bond motifs is 1. The van der Waals surface area contributed by atoms with Crippen molar-refractivity contribution in [2.24, 2.45) is 13.0 Å².